The van der Waals surface area contributed by atoms with Gasteiger partial charge in [0.05, 0.1) is 18.6 Å². The van der Waals surface area contributed by atoms with E-state index in [2.05, 4.69) is 54.8 Å². The first-order valence-electron chi connectivity index (χ1n) is 15.7. The summed E-state index contributed by atoms with van der Waals surface area (Å²) in [4.78, 5) is 36.9. The van der Waals surface area contributed by atoms with Crippen molar-refractivity contribution in [3.05, 3.63) is 57.0 Å². The van der Waals surface area contributed by atoms with Gasteiger partial charge in [0.1, 0.15) is 20.4 Å². The zero-order chi connectivity index (χ0) is 35.3. The lowest BCUT2D eigenvalue weighted by atomic mass is 9.76. The molecule has 0 aromatic carbocycles. The first-order valence-corrected chi connectivity index (χ1v) is 19.1. The van der Waals surface area contributed by atoms with E-state index in [1.807, 2.05) is 71.9 Å². The van der Waals surface area contributed by atoms with Crippen LogP contribution in [-0.2, 0) is 34.6 Å². The highest BCUT2D eigenvalue weighted by Gasteiger charge is 2.41. The fourth-order valence-electron chi connectivity index (χ4n) is 5.35. The van der Waals surface area contributed by atoms with Gasteiger partial charge in [-0.3, -0.25) is 4.18 Å². The number of halogens is 2. The van der Waals surface area contributed by atoms with Gasteiger partial charge in [-0.15, -0.1) is 0 Å². The molecule has 0 bridgehead atoms. The number of hydrogen-bond acceptors (Lipinski definition) is 9. The van der Waals surface area contributed by atoms with Gasteiger partial charge in [0.25, 0.3) is 10.1 Å². The summed E-state index contributed by atoms with van der Waals surface area (Å²) in [6.45, 7) is 15.7. The standard InChI is InChI=1S/C17H25BrN2O5S.C16H23BrN2O2/c1-16(2,3)25-15(21)20-10-8-17(9-11-20,12-24-26(4,22)23)13-6-5-7-14(18)19-13;1-15(2,3)21-14(20)19-10-8-16(4,9-11-19)12-6-5-7-13(17)18-12/h5-7H,8-12H2,1-4H3;5-7H,8-11H2,1-4H3. The van der Waals surface area contributed by atoms with Crippen LogP contribution < -0.4 is 0 Å². The first kappa shape index (κ1) is 39.2. The molecular formula is C33H48Br2N4O7S. The molecule has 2 saturated heterocycles. The molecule has 2 aliphatic rings. The number of pyridine rings is 2. The molecule has 2 aromatic rings. The predicted molar refractivity (Wildman–Crippen MR) is 188 cm³/mol. The van der Waals surface area contributed by atoms with Crippen molar-refractivity contribution in [3.63, 3.8) is 0 Å². The molecule has 2 aliphatic heterocycles. The lowest BCUT2D eigenvalue weighted by molar-refractivity contribution is 0.0129. The van der Waals surface area contributed by atoms with E-state index in [1.165, 1.54) is 0 Å². The predicted octanol–water partition coefficient (Wildman–Crippen LogP) is 7.22. The van der Waals surface area contributed by atoms with Crippen LogP contribution in [0.3, 0.4) is 0 Å². The van der Waals surface area contributed by atoms with Crippen molar-refractivity contribution in [3.8, 4) is 0 Å². The summed E-state index contributed by atoms with van der Waals surface area (Å²) in [7, 11) is -3.58. The Labute approximate surface area is 296 Å². The summed E-state index contributed by atoms with van der Waals surface area (Å²) < 4.78 is 40.5. The van der Waals surface area contributed by atoms with Gasteiger partial charge in [-0.25, -0.2) is 19.6 Å². The molecule has 0 saturated carbocycles. The van der Waals surface area contributed by atoms with E-state index in [4.69, 9.17) is 13.7 Å². The number of hydrogen-bond donors (Lipinski definition) is 0. The molecule has 0 atom stereocenters. The van der Waals surface area contributed by atoms with Crippen molar-refractivity contribution in [2.24, 2.45) is 0 Å². The molecule has 11 nitrogen and oxygen atoms in total. The minimum atomic E-state index is -3.58. The smallest absolute Gasteiger partial charge is 0.410 e. The van der Waals surface area contributed by atoms with Crippen molar-refractivity contribution in [1.29, 1.82) is 0 Å². The molecule has 0 radical (unpaired) electrons. The first-order chi connectivity index (χ1) is 21.6. The Balaban J connectivity index is 0.000000261. The van der Waals surface area contributed by atoms with Crippen LogP contribution in [0, 0.1) is 0 Å². The Morgan fingerprint density at radius 1 is 0.766 bits per heavy atom. The third kappa shape index (κ3) is 12.3. The van der Waals surface area contributed by atoms with Gasteiger partial charge in [-0.05, 0) is 123 Å². The Morgan fingerprint density at radius 2 is 1.17 bits per heavy atom. The average molecular weight is 805 g/mol. The zero-order valence-corrected chi connectivity index (χ0v) is 32.6. The second-order valence-corrected chi connectivity index (χ2v) is 17.7. The number of aromatic nitrogens is 2. The average Bonchev–Trinajstić information content (AvgIpc) is 2.95. The van der Waals surface area contributed by atoms with Gasteiger partial charge < -0.3 is 19.3 Å². The van der Waals surface area contributed by atoms with E-state index in [1.54, 1.807) is 9.80 Å². The van der Waals surface area contributed by atoms with Crippen LogP contribution in [0.4, 0.5) is 9.59 Å². The summed E-state index contributed by atoms with van der Waals surface area (Å²) >= 11 is 6.78. The normalized spacial score (nSPS) is 18.1. The highest BCUT2D eigenvalue weighted by molar-refractivity contribution is 9.10. The molecule has 2 aromatic heterocycles. The Hall–Kier alpha value is -2.29. The number of carbonyl (C=O) groups excluding carboxylic acids is 2. The quantitative estimate of drug-likeness (QED) is 0.227. The van der Waals surface area contributed by atoms with Crippen molar-refractivity contribution < 1.29 is 31.7 Å². The zero-order valence-electron chi connectivity index (χ0n) is 28.6. The third-order valence-corrected chi connectivity index (χ3v) is 9.46. The number of likely N-dealkylation sites (tertiary alicyclic amines) is 2. The Bertz CT molecular complexity index is 1490. The molecule has 0 aliphatic carbocycles. The van der Waals surface area contributed by atoms with Gasteiger partial charge in [-0.2, -0.15) is 8.42 Å². The topological polar surface area (TPSA) is 128 Å². The highest BCUT2D eigenvalue weighted by Crippen LogP contribution is 2.37. The van der Waals surface area contributed by atoms with Crippen molar-refractivity contribution in [1.82, 2.24) is 19.8 Å². The van der Waals surface area contributed by atoms with E-state index in [-0.39, 0.29) is 24.2 Å². The number of piperidine rings is 2. The van der Waals surface area contributed by atoms with E-state index < -0.39 is 26.7 Å². The number of nitrogens with zero attached hydrogens (tertiary/aromatic N) is 4. The maximum Gasteiger partial charge on any atom is 0.410 e. The van der Waals surface area contributed by atoms with Gasteiger partial charge in [0, 0.05) is 42.7 Å². The fraction of sp³-hybridized carbons (Fsp3) is 0.636. The fourth-order valence-corrected chi connectivity index (χ4v) is 6.48. The Morgan fingerprint density at radius 3 is 1.57 bits per heavy atom. The van der Waals surface area contributed by atoms with Crippen LogP contribution in [0.25, 0.3) is 0 Å². The van der Waals surface area contributed by atoms with Gasteiger partial charge in [0.2, 0.25) is 0 Å². The van der Waals surface area contributed by atoms with Crippen LogP contribution in [-0.4, -0.2) is 90.6 Å². The second kappa shape index (κ2) is 15.5. The molecule has 2 amide bonds. The molecule has 14 heteroatoms. The molecule has 4 rings (SSSR count). The molecule has 2 fully saturated rings. The minimum absolute atomic E-state index is 0.00253. The highest BCUT2D eigenvalue weighted by atomic mass is 79.9. The maximum atomic E-state index is 12.3. The van der Waals surface area contributed by atoms with Crippen LogP contribution in [0.2, 0.25) is 0 Å². The van der Waals surface area contributed by atoms with Crippen molar-refractivity contribution >= 4 is 54.2 Å². The lowest BCUT2D eigenvalue weighted by Gasteiger charge is -2.41. The number of rotatable bonds is 5. The van der Waals surface area contributed by atoms with Crippen LogP contribution >= 0.6 is 31.9 Å². The van der Waals surface area contributed by atoms with Crippen LogP contribution in [0.5, 0.6) is 0 Å². The molecule has 0 spiro atoms. The summed E-state index contributed by atoms with van der Waals surface area (Å²) in [6.07, 6.45) is 3.32. The van der Waals surface area contributed by atoms with Gasteiger partial charge >= 0.3 is 12.2 Å². The van der Waals surface area contributed by atoms with E-state index in [0.29, 0.717) is 43.6 Å². The summed E-state index contributed by atoms with van der Waals surface area (Å²) in [6, 6.07) is 11.5. The summed E-state index contributed by atoms with van der Waals surface area (Å²) in [5, 5.41) is 0. The molecule has 47 heavy (non-hydrogen) atoms. The van der Waals surface area contributed by atoms with Gasteiger partial charge in [-0.1, -0.05) is 19.1 Å². The Kier molecular flexibility index (Phi) is 12.9. The van der Waals surface area contributed by atoms with Crippen LogP contribution in [0.15, 0.2) is 45.6 Å². The van der Waals surface area contributed by atoms with Crippen molar-refractivity contribution in [2.45, 2.75) is 96.2 Å². The lowest BCUT2D eigenvalue weighted by Crippen LogP contribution is -2.49. The summed E-state index contributed by atoms with van der Waals surface area (Å²) in [5.41, 5.74) is 0.272. The van der Waals surface area contributed by atoms with Crippen LogP contribution in [0.1, 0.15) is 85.5 Å². The van der Waals surface area contributed by atoms with E-state index in [0.717, 1.165) is 35.1 Å². The monoisotopic (exact) mass is 802 g/mol. The molecule has 4 heterocycles. The maximum absolute atomic E-state index is 12.3. The number of ether oxygens (including phenoxy) is 2. The molecule has 262 valence electrons. The molecular weight excluding hydrogens is 756 g/mol. The van der Waals surface area contributed by atoms with E-state index in [9.17, 15) is 18.0 Å². The largest absolute Gasteiger partial charge is 0.444 e. The van der Waals surface area contributed by atoms with Gasteiger partial charge in [0.15, 0.2) is 0 Å². The summed E-state index contributed by atoms with van der Waals surface area (Å²) in [5.74, 6) is 0. The molecule has 0 unspecified atom stereocenters. The number of amides is 2. The number of carbonyl (C=O) groups is 2. The molecule has 0 N–H and O–H groups in total. The van der Waals surface area contributed by atoms with Crippen molar-refractivity contribution in [2.75, 3.05) is 39.0 Å². The third-order valence-electron chi connectivity index (χ3n) is 8.03. The second-order valence-electron chi connectivity index (χ2n) is 14.4. The SMILES string of the molecule is CC(C)(C)OC(=O)N1CCC(C)(c2cccc(Br)n2)CC1.CC(C)(C)OC(=O)N1CCC(COS(C)(=O)=O)(c2cccc(Br)n2)CC1. The van der Waals surface area contributed by atoms with E-state index >= 15 is 0 Å². The minimum Gasteiger partial charge on any atom is -0.444 e.